The van der Waals surface area contributed by atoms with Crippen LogP contribution in [0.2, 0.25) is 5.02 Å². The van der Waals surface area contributed by atoms with E-state index in [4.69, 9.17) is 11.6 Å². The molecule has 1 aromatic heterocycles. The molecular formula is C13H22ClN3. The second-order valence-electron chi connectivity index (χ2n) is 5.27. The fourth-order valence-electron chi connectivity index (χ4n) is 1.36. The Kier molecular flexibility index (Phi) is 4.78. The number of anilines is 1. The van der Waals surface area contributed by atoms with Gasteiger partial charge in [0.25, 0.3) is 0 Å². The molecule has 0 fully saturated rings. The van der Waals surface area contributed by atoms with Crippen LogP contribution in [0.3, 0.4) is 0 Å². The summed E-state index contributed by atoms with van der Waals surface area (Å²) in [6.07, 6.45) is 1.88. The van der Waals surface area contributed by atoms with Crippen LogP contribution in [-0.4, -0.2) is 24.1 Å². The van der Waals surface area contributed by atoms with E-state index in [0.717, 1.165) is 24.5 Å². The normalized spacial score (nSPS) is 11.6. The number of halogens is 1. The molecule has 1 N–H and O–H groups in total. The molecular weight excluding hydrogens is 234 g/mol. The lowest BCUT2D eigenvalue weighted by Crippen LogP contribution is -2.35. The van der Waals surface area contributed by atoms with E-state index < -0.39 is 0 Å². The van der Waals surface area contributed by atoms with Crippen molar-refractivity contribution in [2.24, 2.45) is 0 Å². The molecule has 0 radical (unpaired) electrons. The van der Waals surface area contributed by atoms with Gasteiger partial charge in [0.1, 0.15) is 5.82 Å². The Morgan fingerprint density at radius 3 is 2.53 bits per heavy atom. The predicted molar refractivity (Wildman–Crippen MR) is 74.8 cm³/mol. The van der Waals surface area contributed by atoms with Crippen LogP contribution in [-0.2, 0) is 6.54 Å². The van der Waals surface area contributed by atoms with E-state index in [1.165, 1.54) is 0 Å². The lowest BCUT2D eigenvalue weighted by molar-refractivity contribution is 0.424. The molecule has 1 aromatic rings. The van der Waals surface area contributed by atoms with Crippen molar-refractivity contribution in [2.75, 3.05) is 18.5 Å². The van der Waals surface area contributed by atoms with Crippen molar-refractivity contribution in [2.45, 2.75) is 39.8 Å². The van der Waals surface area contributed by atoms with Crippen molar-refractivity contribution < 1.29 is 0 Å². The van der Waals surface area contributed by atoms with Gasteiger partial charge in [-0.3, -0.25) is 0 Å². The lowest BCUT2D eigenvalue weighted by Gasteiger charge is -2.21. The second-order valence-corrected chi connectivity index (χ2v) is 5.67. The maximum Gasteiger partial charge on any atom is 0.147 e. The SMILES string of the molecule is CCN(C)c1ncc(CNC(C)(C)C)cc1Cl. The summed E-state index contributed by atoms with van der Waals surface area (Å²) in [5, 5.41) is 4.13. The highest BCUT2D eigenvalue weighted by atomic mass is 35.5. The van der Waals surface area contributed by atoms with Crippen LogP contribution >= 0.6 is 11.6 Å². The van der Waals surface area contributed by atoms with E-state index in [2.05, 4.69) is 38.0 Å². The minimum absolute atomic E-state index is 0.103. The third-order valence-electron chi connectivity index (χ3n) is 2.54. The summed E-state index contributed by atoms with van der Waals surface area (Å²) in [5.41, 5.74) is 1.21. The van der Waals surface area contributed by atoms with E-state index in [1.807, 2.05) is 24.2 Å². The summed E-state index contributed by atoms with van der Waals surface area (Å²) in [7, 11) is 1.99. The average Bonchev–Trinajstić information content (AvgIpc) is 2.24. The molecule has 0 aliphatic rings. The summed E-state index contributed by atoms with van der Waals surface area (Å²) in [4.78, 5) is 6.43. The predicted octanol–water partition coefficient (Wildman–Crippen LogP) is 3.08. The van der Waals surface area contributed by atoms with Crippen LogP contribution in [0.1, 0.15) is 33.3 Å². The zero-order valence-corrected chi connectivity index (χ0v) is 12.1. The van der Waals surface area contributed by atoms with Gasteiger partial charge in [-0.25, -0.2) is 4.98 Å². The van der Waals surface area contributed by atoms with Crippen LogP contribution < -0.4 is 10.2 Å². The minimum atomic E-state index is 0.103. The molecule has 0 saturated heterocycles. The molecule has 0 saturated carbocycles. The van der Waals surface area contributed by atoms with Gasteiger partial charge in [0, 0.05) is 31.9 Å². The Labute approximate surface area is 109 Å². The molecule has 0 atom stereocenters. The Morgan fingerprint density at radius 2 is 2.06 bits per heavy atom. The first-order valence-corrected chi connectivity index (χ1v) is 6.32. The van der Waals surface area contributed by atoms with Gasteiger partial charge in [-0.05, 0) is 39.3 Å². The van der Waals surface area contributed by atoms with E-state index in [9.17, 15) is 0 Å². The number of pyridine rings is 1. The van der Waals surface area contributed by atoms with Gasteiger partial charge in [0.05, 0.1) is 5.02 Å². The van der Waals surface area contributed by atoms with Gasteiger partial charge in [0.2, 0.25) is 0 Å². The van der Waals surface area contributed by atoms with Crippen molar-refractivity contribution >= 4 is 17.4 Å². The van der Waals surface area contributed by atoms with E-state index in [-0.39, 0.29) is 5.54 Å². The largest absolute Gasteiger partial charge is 0.359 e. The smallest absolute Gasteiger partial charge is 0.147 e. The first-order chi connectivity index (χ1) is 7.83. The molecule has 0 aliphatic heterocycles. The molecule has 3 nitrogen and oxygen atoms in total. The van der Waals surface area contributed by atoms with Crippen LogP contribution in [0.4, 0.5) is 5.82 Å². The lowest BCUT2D eigenvalue weighted by atomic mass is 10.1. The molecule has 0 amide bonds. The van der Waals surface area contributed by atoms with Crippen molar-refractivity contribution in [1.29, 1.82) is 0 Å². The van der Waals surface area contributed by atoms with Crippen LogP contribution in [0.5, 0.6) is 0 Å². The summed E-state index contributed by atoms with van der Waals surface area (Å²) in [6.45, 7) is 10.2. The third-order valence-corrected chi connectivity index (χ3v) is 2.82. The summed E-state index contributed by atoms with van der Waals surface area (Å²) in [5.74, 6) is 0.841. The van der Waals surface area contributed by atoms with Gasteiger partial charge in [0.15, 0.2) is 0 Å². The standard InChI is InChI=1S/C13H22ClN3/c1-6-17(5)12-11(14)7-10(8-15-12)9-16-13(2,3)4/h7-8,16H,6,9H2,1-5H3. The quantitative estimate of drug-likeness (QED) is 0.896. The second kappa shape index (κ2) is 5.69. The summed E-state index contributed by atoms with van der Waals surface area (Å²) in [6, 6.07) is 1.98. The highest BCUT2D eigenvalue weighted by Gasteiger charge is 2.10. The molecule has 17 heavy (non-hydrogen) atoms. The van der Waals surface area contributed by atoms with Gasteiger partial charge < -0.3 is 10.2 Å². The number of rotatable bonds is 4. The first kappa shape index (κ1) is 14.3. The molecule has 1 rings (SSSR count). The Balaban J connectivity index is 2.75. The fraction of sp³-hybridized carbons (Fsp3) is 0.615. The molecule has 0 spiro atoms. The van der Waals surface area contributed by atoms with Crippen molar-refractivity contribution in [3.05, 3.63) is 22.8 Å². The minimum Gasteiger partial charge on any atom is -0.359 e. The number of aromatic nitrogens is 1. The fourth-order valence-corrected chi connectivity index (χ4v) is 1.70. The molecule has 4 heteroatoms. The molecule has 0 bridgehead atoms. The molecule has 1 heterocycles. The van der Waals surface area contributed by atoms with Crippen molar-refractivity contribution in [3.8, 4) is 0 Å². The Bertz CT molecular complexity index is 371. The van der Waals surface area contributed by atoms with Crippen LogP contribution in [0.25, 0.3) is 0 Å². The highest BCUT2D eigenvalue weighted by Crippen LogP contribution is 2.23. The van der Waals surface area contributed by atoms with Gasteiger partial charge in [-0.1, -0.05) is 11.6 Å². The Hall–Kier alpha value is -0.800. The monoisotopic (exact) mass is 255 g/mol. The molecule has 0 unspecified atom stereocenters. The molecule has 0 aromatic carbocycles. The summed E-state index contributed by atoms with van der Waals surface area (Å²) < 4.78 is 0. The maximum atomic E-state index is 6.22. The van der Waals surface area contributed by atoms with E-state index in [0.29, 0.717) is 5.02 Å². The Morgan fingerprint density at radius 1 is 1.41 bits per heavy atom. The molecule has 96 valence electrons. The third kappa shape index (κ3) is 4.52. The number of nitrogens with zero attached hydrogens (tertiary/aromatic N) is 2. The van der Waals surface area contributed by atoms with Gasteiger partial charge in [-0.15, -0.1) is 0 Å². The van der Waals surface area contributed by atoms with Gasteiger partial charge in [-0.2, -0.15) is 0 Å². The number of hydrogen-bond donors (Lipinski definition) is 1. The zero-order chi connectivity index (χ0) is 13.1. The van der Waals surface area contributed by atoms with E-state index in [1.54, 1.807) is 0 Å². The number of nitrogens with one attached hydrogen (secondary N) is 1. The van der Waals surface area contributed by atoms with Crippen LogP contribution in [0.15, 0.2) is 12.3 Å². The van der Waals surface area contributed by atoms with Crippen molar-refractivity contribution in [3.63, 3.8) is 0 Å². The van der Waals surface area contributed by atoms with Crippen LogP contribution in [0, 0.1) is 0 Å². The first-order valence-electron chi connectivity index (χ1n) is 5.94. The molecule has 0 aliphatic carbocycles. The van der Waals surface area contributed by atoms with E-state index >= 15 is 0 Å². The average molecular weight is 256 g/mol. The van der Waals surface area contributed by atoms with Gasteiger partial charge >= 0.3 is 0 Å². The van der Waals surface area contributed by atoms with Crippen molar-refractivity contribution in [1.82, 2.24) is 10.3 Å². The number of hydrogen-bond acceptors (Lipinski definition) is 3. The maximum absolute atomic E-state index is 6.22. The topological polar surface area (TPSA) is 28.2 Å². The highest BCUT2D eigenvalue weighted by molar-refractivity contribution is 6.33. The zero-order valence-electron chi connectivity index (χ0n) is 11.3. The summed E-state index contributed by atoms with van der Waals surface area (Å²) >= 11 is 6.22.